The van der Waals surface area contributed by atoms with Crippen LogP contribution in [0.3, 0.4) is 0 Å². The lowest BCUT2D eigenvalue weighted by Gasteiger charge is -2.26. The summed E-state index contributed by atoms with van der Waals surface area (Å²) >= 11 is 0. The molecule has 2 rings (SSSR count). The maximum absolute atomic E-state index is 9.54. The Bertz CT molecular complexity index is 411. The van der Waals surface area contributed by atoms with Crippen LogP contribution in [0.4, 0.5) is 0 Å². The monoisotopic (exact) mass is 260 g/mol. The van der Waals surface area contributed by atoms with Gasteiger partial charge in [-0.1, -0.05) is 13.0 Å². The largest absolute Gasteiger partial charge is 0.506 e. The lowest BCUT2D eigenvalue weighted by molar-refractivity contribution is 0.225. The van der Waals surface area contributed by atoms with Crippen LogP contribution in [0.5, 0.6) is 5.75 Å². The Kier molecular flexibility index (Phi) is 5.40. The molecule has 0 unspecified atom stereocenters. The third kappa shape index (κ3) is 4.35. The van der Waals surface area contributed by atoms with Crippen molar-refractivity contribution in [1.82, 2.24) is 9.88 Å². The molecule has 0 aromatic carbocycles. The van der Waals surface area contributed by atoms with Gasteiger partial charge in [0.1, 0.15) is 11.4 Å². The molecule has 0 aliphatic carbocycles. The van der Waals surface area contributed by atoms with Gasteiger partial charge in [-0.2, -0.15) is 0 Å². The van der Waals surface area contributed by atoms with E-state index in [-0.39, 0.29) is 5.75 Å². The van der Waals surface area contributed by atoms with Gasteiger partial charge in [-0.15, -0.1) is 0 Å². The highest BCUT2D eigenvalue weighted by molar-refractivity contribution is 5.50. The molecule has 1 aromatic heterocycles. The van der Waals surface area contributed by atoms with Crippen LogP contribution in [0.1, 0.15) is 43.5 Å². The second-order valence-electron chi connectivity index (χ2n) is 5.27. The Hall–Kier alpha value is -1.35. The van der Waals surface area contributed by atoms with Crippen LogP contribution >= 0.6 is 0 Å². The molecular weight excluding hydrogens is 236 g/mol. The lowest BCUT2D eigenvalue weighted by Crippen LogP contribution is -2.30. The summed E-state index contributed by atoms with van der Waals surface area (Å²) in [5, 5.41) is 9.54. The van der Waals surface area contributed by atoms with Crippen molar-refractivity contribution in [3.05, 3.63) is 30.1 Å². The van der Waals surface area contributed by atoms with E-state index in [1.807, 2.05) is 6.07 Å². The number of hydrogen-bond donors (Lipinski definition) is 1. The first kappa shape index (κ1) is 14.1. The molecule has 1 aliphatic heterocycles. The fourth-order valence-electron chi connectivity index (χ4n) is 2.62. The predicted molar refractivity (Wildman–Crippen MR) is 79.2 cm³/mol. The summed E-state index contributed by atoms with van der Waals surface area (Å²) in [4.78, 5) is 6.97. The van der Waals surface area contributed by atoms with E-state index in [0.29, 0.717) is 5.69 Å². The second-order valence-corrected chi connectivity index (χ2v) is 5.27. The van der Waals surface area contributed by atoms with Gasteiger partial charge in [0.2, 0.25) is 0 Å². The number of aryl methyl sites for hydroxylation is 1. The van der Waals surface area contributed by atoms with Gasteiger partial charge in [0.25, 0.3) is 0 Å². The van der Waals surface area contributed by atoms with Gasteiger partial charge in [-0.05, 0) is 69.9 Å². The van der Waals surface area contributed by atoms with Gasteiger partial charge in [0, 0.05) is 5.69 Å². The summed E-state index contributed by atoms with van der Waals surface area (Å²) in [5.41, 5.74) is 1.64. The molecule has 1 saturated heterocycles. The zero-order chi connectivity index (χ0) is 13.5. The second kappa shape index (κ2) is 7.29. The number of nitrogens with zero attached hydrogens (tertiary/aromatic N) is 2. The average Bonchev–Trinajstić information content (AvgIpc) is 2.46. The van der Waals surface area contributed by atoms with Crippen molar-refractivity contribution < 1.29 is 5.11 Å². The smallest absolute Gasteiger partial charge is 0.141 e. The van der Waals surface area contributed by atoms with Crippen LogP contribution in [0.2, 0.25) is 0 Å². The number of pyridine rings is 1. The molecule has 19 heavy (non-hydrogen) atoms. The summed E-state index contributed by atoms with van der Waals surface area (Å²) in [5.74, 6) is 0.215. The van der Waals surface area contributed by atoms with E-state index in [0.717, 1.165) is 18.5 Å². The minimum atomic E-state index is 0.215. The third-order valence-corrected chi connectivity index (χ3v) is 3.76. The van der Waals surface area contributed by atoms with E-state index in [1.165, 1.54) is 45.3 Å². The number of aromatic hydroxyl groups is 1. The summed E-state index contributed by atoms with van der Waals surface area (Å²) < 4.78 is 0. The van der Waals surface area contributed by atoms with E-state index < -0.39 is 0 Å². The predicted octanol–water partition coefficient (Wildman–Crippen LogP) is 3.24. The van der Waals surface area contributed by atoms with Crippen molar-refractivity contribution in [2.24, 2.45) is 0 Å². The average molecular weight is 260 g/mol. The van der Waals surface area contributed by atoms with Crippen molar-refractivity contribution in [2.45, 2.75) is 38.5 Å². The molecule has 1 aromatic rings. The molecule has 2 heterocycles. The van der Waals surface area contributed by atoms with E-state index in [9.17, 15) is 5.11 Å². The van der Waals surface area contributed by atoms with E-state index in [4.69, 9.17) is 0 Å². The zero-order valence-electron chi connectivity index (χ0n) is 11.6. The maximum Gasteiger partial charge on any atom is 0.141 e. The Morgan fingerprint density at radius 2 is 2.00 bits per heavy atom. The molecule has 0 bridgehead atoms. The molecule has 0 spiro atoms. The van der Waals surface area contributed by atoms with Gasteiger partial charge >= 0.3 is 0 Å². The Labute approximate surface area is 116 Å². The van der Waals surface area contributed by atoms with Crippen molar-refractivity contribution in [3.8, 4) is 5.75 Å². The Morgan fingerprint density at radius 3 is 2.74 bits per heavy atom. The van der Waals surface area contributed by atoms with Crippen LogP contribution in [0.25, 0.3) is 6.08 Å². The first-order chi connectivity index (χ1) is 9.29. The first-order valence-corrected chi connectivity index (χ1v) is 7.33. The Balaban J connectivity index is 1.71. The minimum absolute atomic E-state index is 0.215. The zero-order valence-corrected chi connectivity index (χ0v) is 11.6. The van der Waals surface area contributed by atoms with Gasteiger partial charge < -0.3 is 10.0 Å². The molecule has 3 nitrogen and oxygen atoms in total. The molecule has 0 atom stereocenters. The molecule has 1 aliphatic rings. The quantitative estimate of drug-likeness (QED) is 0.798. The van der Waals surface area contributed by atoms with Crippen molar-refractivity contribution in [2.75, 3.05) is 19.6 Å². The van der Waals surface area contributed by atoms with E-state index >= 15 is 0 Å². The Morgan fingerprint density at radius 1 is 1.21 bits per heavy atom. The molecular formula is C16H24N2O. The fraction of sp³-hybridized carbons (Fsp3) is 0.562. The highest BCUT2D eigenvalue weighted by Crippen LogP contribution is 2.17. The normalized spacial score (nSPS) is 16.4. The number of likely N-dealkylation sites (tertiary alicyclic amines) is 1. The van der Waals surface area contributed by atoms with Crippen molar-refractivity contribution in [3.63, 3.8) is 0 Å². The first-order valence-electron chi connectivity index (χ1n) is 7.33. The number of unbranched alkanes of at least 4 members (excludes halogenated alkanes) is 1. The van der Waals surface area contributed by atoms with Crippen LogP contribution in [-0.4, -0.2) is 34.6 Å². The molecule has 1 N–H and O–H groups in total. The van der Waals surface area contributed by atoms with Crippen LogP contribution < -0.4 is 0 Å². The van der Waals surface area contributed by atoms with Gasteiger partial charge in [-0.3, -0.25) is 0 Å². The maximum atomic E-state index is 9.54. The standard InChI is InChI=1S/C16H24N2O/c1-2-15-16(19)10-9-14(17-15)8-4-7-13-18-11-5-3-6-12-18/h2,9-10,19H,1,3-8,11-13H2. The third-order valence-electron chi connectivity index (χ3n) is 3.76. The number of hydrogen-bond acceptors (Lipinski definition) is 3. The van der Waals surface area contributed by atoms with Gasteiger partial charge in [0.05, 0.1) is 0 Å². The van der Waals surface area contributed by atoms with Gasteiger partial charge in [0.15, 0.2) is 0 Å². The number of piperidine rings is 1. The van der Waals surface area contributed by atoms with Crippen molar-refractivity contribution >= 4 is 6.08 Å². The topological polar surface area (TPSA) is 36.4 Å². The number of aromatic nitrogens is 1. The molecule has 104 valence electrons. The molecule has 0 amide bonds. The molecule has 1 fully saturated rings. The van der Waals surface area contributed by atoms with E-state index in [1.54, 1.807) is 12.1 Å². The fourth-order valence-corrected chi connectivity index (χ4v) is 2.62. The van der Waals surface area contributed by atoms with Crippen LogP contribution in [-0.2, 0) is 6.42 Å². The SMILES string of the molecule is C=Cc1nc(CCCCN2CCCCC2)ccc1O. The highest BCUT2D eigenvalue weighted by Gasteiger charge is 2.09. The van der Waals surface area contributed by atoms with Crippen LogP contribution in [0, 0.1) is 0 Å². The summed E-state index contributed by atoms with van der Waals surface area (Å²) in [7, 11) is 0. The summed E-state index contributed by atoms with van der Waals surface area (Å²) in [6.45, 7) is 7.43. The molecule has 0 radical (unpaired) electrons. The summed E-state index contributed by atoms with van der Waals surface area (Å²) in [6, 6.07) is 3.62. The molecule has 3 heteroatoms. The van der Waals surface area contributed by atoms with Crippen molar-refractivity contribution in [1.29, 1.82) is 0 Å². The van der Waals surface area contributed by atoms with E-state index in [2.05, 4.69) is 16.5 Å². The summed E-state index contributed by atoms with van der Waals surface area (Å²) in [6.07, 6.45) is 9.10. The molecule has 0 saturated carbocycles. The number of rotatable bonds is 6. The highest BCUT2D eigenvalue weighted by atomic mass is 16.3. The lowest BCUT2D eigenvalue weighted by atomic mass is 10.1. The van der Waals surface area contributed by atoms with Crippen LogP contribution in [0.15, 0.2) is 18.7 Å². The van der Waals surface area contributed by atoms with Gasteiger partial charge in [-0.25, -0.2) is 4.98 Å². The minimum Gasteiger partial charge on any atom is -0.506 e.